The summed E-state index contributed by atoms with van der Waals surface area (Å²) in [6, 6.07) is 1.92. The van der Waals surface area contributed by atoms with Crippen LogP contribution in [0.5, 0.6) is 0 Å². The standard InChI is InChI=1S/C15H26N6O.HI/c1-16-14(22)12-13-4-9-20(10-5-13)15(17-2)18-7-11-21-8-3-6-19-21;/h3,6,8,13H,4-5,7,9-12H2,1-2H3,(H,16,22)(H,17,18);1H. The lowest BCUT2D eigenvalue weighted by atomic mass is 9.93. The van der Waals surface area contributed by atoms with E-state index in [9.17, 15) is 4.79 Å². The molecule has 0 spiro atoms. The predicted octanol–water partition coefficient (Wildman–Crippen LogP) is 0.925. The molecule has 1 amide bonds. The highest BCUT2D eigenvalue weighted by Crippen LogP contribution is 2.20. The number of nitrogens with zero attached hydrogens (tertiary/aromatic N) is 4. The number of nitrogens with one attached hydrogen (secondary N) is 2. The minimum Gasteiger partial charge on any atom is -0.359 e. The number of hydrogen-bond donors (Lipinski definition) is 2. The van der Waals surface area contributed by atoms with Gasteiger partial charge in [-0.3, -0.25) is 14.5 Å². The number of carbonyl (C=O) groups is 1. The molecule has 2 heterocycles. The highest BCUT2D eigenvalue weighted by molar-refractivity contribution is 14.0. The maximum Gasteiger partial charge on any atom is 0.220 e. The number of likely N-dealkylation sites (tertiary alicyclic amines) is 1. The minimum atomic E-state index is 0. The van der Waals surface area contributed by atoms with Crippen LogP contribution in [0.2, 0.25) is 0 Å². The Morgan fingerprint density at radius 2 is 2.13 bits per heavy atom. The third-order valence-corrected chi connectivity index (χ3v) is 4.06. The lowest BCUT2D eigenvalue weighted by Crippen LogP contribution is -2.46. The van der Waals surface area contributed by atoms with E-state index in [1.807, 2.05) is 24.0 Å². The zero-order valence-corrected chi connectivity index (χ0v) is 16.2. The Kier molecular flexibility index (Phi) is 8.97. The zero-order chi connectivity index (χ0) is 15.8. The summed E-state index contributed by atoms with van der Waals surface area (Å²) in [5.74, 6) is 1.56. The number of aromatic nitrogens is 2. The second-order valence-electron chi connectivity index (χ2n) is 5.55. The van der Waals surface area contributed by atoms with Crippen LogP contribution in [-0.2, 0) is 11.3 Å². The van der Waals surface area contributed by atoms with Gasteiger partial charge in [-0.15, -0.1) is 24.0 Å². The molecule has 1 aliphatic rings. The van der Waals surface area contributed by atoms with Crippen molar-refractivity contribution in [3.63, 3.8) is 0 Å². The first kappa shape index (κ1) is 19.7. The molecule has 0 aromatic carbocycles. The van der Waals surface area contributed by atoms with Gasteiger partial charge in [-0.25, -0.2) is 0 Å². The van der Waals surface area contributed by atoms with Gasteiger partial charge in [0, 0.05) is 52.5 Å². The molecule has 0 atom stereocenters. The van der Waals surface area contributed by atoms with E-state index in [-0.39, 0.29) is 29.9 Å². The molecule has 0 radical (unpaired) electrons. The summed E-state index contributed by atoms with van der Waals surface area (Å²) in [5.41, 5.74) is 0. The molecule has 1 aliphatic heterocycles. The van der Waals surface area contributed by atoms with Crippen LogP contribution in [0.1, 0.15) is 19.3 Å². The van der Waals surface area contributed by atoms with Crippen LogP contribution in [0.25, 0.3) is 0 Å². The molecule has 7 nitrogen and oxygen atoms in total. The lowest BCUT2D eigenvalue weighted by Gasteiger charge is -2.34. The number of aliphatic imine (C=N–C) groups is 1. The number of hydrogen-bond acceptors (Lipinski definition) is 3. The van der Waals surface area contributed by atoms with Crippen LogP contribution >= 0.6 is 24.0 Å². The van der Waals surface area contributed by atoms with E-state index in [1.165, 1.54) is 0 Å². The quantitative estimate of drug-likeness (QED) is 0.411. The van der Waals surface area contributed by atoms with Crippen LogP contribution in [0.4, 0.5) is 0 Å². The van der Waals surface area contributed by atoms with Gasteiger partial charge in [-0.05, 0) is 24.8 Å². The molecule has 2 N–H and O–H groups in total. The smallest absolute Gasteiger partial charge is 0.220 e. The van der Waals surface area contributed by atoms with Crippen molar-refractivity contribution in [3.05, 3.63) is 18.5 Å². The molecule has 1 fully saturated rings. The summed E-state index contributed by atoms with van der Waals surface area (Å²) >= 11 is 0. The van der Waals surface area contributed by atoms with E-state index in [1.54, 1.807) is 13.2 Å². The molecule has 8 heteroatoms. The van der Waals surface area contributed by atoms with Crippen LogP contribution in [0.15, 0.2) is 23.5 Å². The highest BCUT2D eigenvalue weighted by atomic mass is 127. The average molecular weight is 434 g/mol. The van der Waals surface area contributed by atoms with Gasteiger partial charge in [0.05, 0.1) is 6.54 Å². The van der Waals surface area contributed by atoms with Crippen molar-refractivity contribution in [2.75, 3.05) is 33.7 Å². The van der Waals surface area contributed by atoms with Crippen LogP contribution in [0.3, 0.4) is 0 Å². The fourth-order valence-electron chi connectivity index (χ4n) is 2.76. The molecular weight excluding hydrogens is 407 g/mol. The number of rotatable bonds is 5. The molecule has 23 heavy (non-hydrogen) atoms. The van der Waals surface area contributed by atoms with Gasteiger partial charge in [0.15, 0.2) is 5.96 Å². The van der Waals surface area contributed by atoms with Crippen LogP contribution in [0, 0.1) is 5.92 Å². The summed E-state index contributed by atoms with van der Waals surface area (Å²) < 4.78 is 1.90. The third-order valence-electron chi connectivity index (χ3n) is 4.06. The van der Waals surface area contributed by atoms with E-state index in [4.69, 9.17) is 0 Å². The fraction of sp³-hybridized carbons (Fsp3) is 0.667. The van der Waals surface area contributed by atoms with Crippen LogP contribution < -0.4 is 10.6 Å². The van der Waals surface area contributed by atoms with E-state index in [2.05, 4.69) is 25.6 Å². The minimum absolute atomic E-state index is 0. The van der Waals surface area contributed by atoms with Crippen molar-refractivity contribution in [2.45, 2.75) is 25.8 Å². The Morgan fingerprint density at radius 1 is 1.39 bits per heavy atom. The fourth-order valence-corrected chi connectivity index (χ4v) is 2.76. The van der Waals surface area contributed by atoms with Crippen molar-refractivity contribution in [1.82, 2.24) is 25.3 Å². The van der Waals surface area contributed by atoms with Crippen molar-refractivity contribution in [1.29, 1.82) is 0 Å². The monoisotopic (exact) mass is 434 g/mol. The summed E-state index contributed by atoms with van der Waals surface area (Å²) in [5, 5.41) is 10.3. The average Bonchev–Trinajstić information content (AvgIpc) is 3.06. The lowest BCUT2D eigenvalue weighted by molar-refractivity contribution is -0.121. The Morgan fingerprint density at radius 3 is 2.70 bits per heavy atom. The Labute approximate surface area is 154 Å². The zero-order valence-electron chi connectivity index (χ0n) is 13.9. The Balaban J connectivity index is 0.00000264. The topological polar surface area (TPSA) is 74.5 Å². The largest absolute Gasteiger partial charge is 0.359 e. The van der Waals surface area contributed by atoms with E-state index < -0.39 is 0 Å². The molecule has 130 valence electrons. The van der Waals surface area contributed by atoms with Crippen molar-refractivity contribution >= 4 is 35.8 Å². The Hall–Kier alpha value is -1.32. The first-order valence-corrected chi connectivity index (χ1v) is 7.86. The van der Waals surface area contributed by atoms with Gasteiger partial charge >= 0.3 is 0 Å². The third kappa shape index (κ3) is 6.36. The van der Waals surface area contributed by atoms with Gasteiger partial charge in [0.2, 0.25) is 5.91 Å². The summed E-state index contributed by atoms with van der Waals surface area (Å²) in [4.78, 5) is 18.1. The highest BCUT2D eigenvalue weighted by Gasteiger charge is 2.22. The van der Waals surface area contributed by atoms with E-state index in [0.717, 1.165) is 45.0 Å². The molecule has 2 rings (SSSR count). The number of piperidine rings is 1. The molecule has 1 aromatic rings. The summed E-state index contributed by atoms with van der Waals surface area (Å²) in [6.07, 6.45) is 6.44. The molecule has 0 unspecified atom stereocenters. The van der Waals surface area contributed by atoms with Crippen molar-refractivity contribution < 1.29 is 4.79 Å². The number of carbonyl (C=O) groups excluding carboxylic acids is 1. The maximum absolute atomic E-state index is 11.4. The molecule has 0 bridgehead atoms. The van der Waals surface area contributed by atoms with Gasteiger partial charge in [0.25, 0.3) is 0 Å². The summed E-state index contributed by atoms with van der Waals surface area (Å²) in [7, 11) is 3.51. The van der Waals surface area contributed by atoms with Gasteiger partial charge < -0.3 is 15.5 Å². The van der Waals surface area contributed by atoms with Crippen LogP contribution in [-0.4, -0.2) is 60.3 Å². The maximum atomic E-state index is 11.4. The normalized spacial score (nSPS) is 15.9. The predicted molar refractivity (Wildman–Crippen MR) is 102 cm³/mol. The number of amides is 1. The first-order valence-electron chi connectivity index (χ1n) is 7.86. The number of guanidine groups is 1. The molecule has 1 saturated heterocycles. The van der Waals surface area contributed by atoms with Crippen molar-refractivity contribution in [2.24, 2.45) is 10.9 Å². The van der Waals surface area contributed by atoms with Crippen molar-refractivity contribution in [3.8, 4) is 0 Å². The molecule has 1 aromatic heterocycles. The Bertz CT molecular complexity index is 482. The second kappa shape index (κ2) is 10.5. The second-order valence-corrected chi connectivity index (χ2v) is 5.55. The summed E-state index contributed by atoms with van der Waals surface area (Å²) in [6.45, 7) is 3.51. The van der Waals surface area contributed by atoms with Gasteiger partial charge in [-0.1, -0.05) is 0 Å². The number of halogens is 1. The molecular formula is C15H27IN6O. The molecule has 0 saturated carbocycles. The van der Waals surface area contributed by atoms with Gasteiger partial charge in [0.1, 0.15) is 0 Å². The van der Waals surface area contributed by atoms with E-state index >= 15 is 0 Å². The van der Waals surface area contributed by atoms with E-state index in [0.29, 0.717) is 12.3 Å². The van der Waals surface area contributed by atoms with Gasteiger partial charge in [-0.2, -0.15) is 5.10 Å². The molecule has 0 aliphatic carbocycles. The first-order chi connectivity index (χ1) is 10.7. The SMILES string of the molecule is CN=C(NCCn1cccn1)N1CCC(CC(=O)NC)CC1.I.